The van der Waals surface area contributed by atoms with E-state index in [9.17, 15) is 10.1 Å². The molecule has 3 heterocycles. The number of rotatable bonds is 5. The third kappa shape index (κ3) is 4.39. The van der Waals surface area contributed by atoms with Crippen molar-refractivity contribution >= 4 is 16.8 Å². The fourth-order valence-corrected chi connectivity index (χ4v) is 4.49. The highest BCUT2D eigenvalue weighted by molar-refractivity contribution is 5.94. The van der Waals surface area contributed by atoms with E-state index in [-0.39, 0.29) is 12.5 Å². The number of nitriles is 1. The van der Waals surface area contributed by atoms with Gasteiger partial charge in [-0.3, -0.25) is 9.78 Å². The predicted octanol–water partition coefficient (Wildman–Crippen LogP) is 4.86. The zero-order valence-electron chi connectivity index (χ0n) is 20.5. The number of hydrogen-bond acceptors (Lipinski definition) is 6. The molecule has 1 atom stereocenters. The zero-order chi connectivity index (χ0) is 25.3. The van der Waals surface area contributed by atoms with Crippen molar-refractivity contribution in [3.63, 3.8) is 0 Å². The van der Waals surface area contributed by atoms with E-state index in [4.69, 9.17) is 14.5 Å². The number of pyridine rings is 2. The average Bonchev–Trinajstić information content (AvgIpc) is 2.91. The fourth-order valence-electron chi connectivity index (χ4n) is 4.49. The first-order chi connectivity index (χ1) is 17.4. The monoisotopic (exact) mass is 478 g/mol. The summed E-state index contributed by atoms with van der Waals surface area (Å²) in [5.41, 5.74) is 5.85. The number of benzene rings is 2. The van der Waals surface area contributed by atoms with Crippen molar-refractivity contribution in [3.8, 4) is 23.1 Å². The number of carbonyl (C=O) groups is 1. The van der Waals surface area contributed by atoms with Crippen molar-refractivity contribution < 1.29 is 14.3 Å². The predicted molar refractivity (Wildman–Crippen MR) is 136 cm³/mol. The Morgan fingerprint density at radius 3 is 2.86 bits per heavy atom. The maximum absolute atomic E-state index is 12.9. The molecule has 7 heteroatoms. The summed E-state index contributed by atoms with van der Waals surface area (Å²) in [4.78, 5) is 22.3. The number of amides is 1. The molecule has 180 valence electrons. The maximum atomic E-state index is 12.9. The summed E-state index contributed by atoms with van der Waals surface area (Å²) in [6.07, 6.45) is 1.76. The molecule has 0 spiro atoms. The van der Waals surface area contributed by atoms with Gasteiger partial charge in [0.2, 0.25) is 0 Å². The van der Waals surface area contributed by atoms with E-state index < -0.39 is 5.41 Å². The quantitative estimate of drug-likeness (QED) is 0.440. The summed E-state index contributed by atoms with van der Waals surface area (Å²) in [5, 5.41) is 13.5. The van der Waals surface area contributed by atoms with Gasteiger partial charge in [-0.25, -0.2) is 4.98 Å². The molecule has 0 fully saturated rings. The molecule has 1 amide bonds. The van der Waals surface area contributed by atoms with Crippen LogP contribution < -0.4 is 10.1 Å². The molecule has 7 nitrogen and oxygen atoms in total. The van der Waals surface area contributed by atoms with Gasteiger partial charge in [0.15, 0.2) is 0 Å². The molecule has 2 aromatic carbocycles. The number of carbonyl (C=O) groups excluding carboxylic acids is 1. The maximum Gasteiger partial charge on any atom is 0.251 e. The molecule has 36 heavy (non-hydrogen) atoms. The van der Waals surface area contributed by atoms with Crippen molar-refractivity contribution in [1.82, 2.24) is 15.3 Å². The van der Waals surface area contributed by atoms with Gasteiger partial charge in [0, 0.05) is 22.7 Å². The van der Waals surface area contributed by atoms with Crippen LogP contribution in [0.15, 0.2) is 60.8 Å². The molecule has 0 aliphatic carbocycles. The summed E-state index contributed by atoms with van der Waals surface area (Å²) < 4.78 is 11.1. The number of nitrogens with one attached hydrogen (secondary N) is 1. The lowest BCUT2D eigenvalue weighted by atomic mass is 9.79. The van der Waals surface area contributed by atoms with Gasteiger partial charge in [-0.15, -0.1) is 0 Å². The Hall–Kier alpha value is -4.28. The third-order valence-electron chi connectivity index (χ3n) is 6.55. The van der Waals surface area contributed by atoms with Crippen molar-refractivity contribution in [2.45, 2.75) is 32.4 Å². The van der Waals surface area contributed by atoms with Gasteiger partial charge in [-0.1, -0.05) is 17.7 Å². The van der Waals surface area contributed by atoms with Crippen LogP contribution in [0.2, 0.25) is 0 Å². The number of aromatic nitrogens is 2. The van der Waals surface area contributed by atoms with E-state index in [0.717, 1.165) is 44.6 Å². The molecule has 5 rings (SSSR count). The minimum Gasteiger partial charge on any atom is -0.496 e. The highest BCUT2D eigenvalue weighted by Crippen LogP contribution is 2.33. The van der Waals surface area contributed by atoms with Crippen LogP contribution in [0.5, 0.6) is 5.75 Å². The molecule has 0 unspecified atom stereocenters. The van der Waals surface area contributed by atoms with E-state index >= 15 is 0 Å². The van der Waals surface area contributed by atoms with E-state index in [1.807, 2.05) is 50.2 Å². The number of aryl methyl sites for hydroxylation is 1. The van der Waals surface area contributed by atoms with Crippen LogP contribution in [-0.2, 0) is 23.3 Å². The van der Waals surface area contributed by atoms with Crippen LogP contribution >= 0.6 is 0 Å². The molecule has 0 bridgehead atoms. The second kappa shape index (κ2) is 9.40. The van der Waals surface area contributed by atoms with E-state index in [1.165, 1.54) is 0 Å². The lowest BCUT2D eigenvalue weighted by molar-refractivity contribution is 0.0757. The third-order valence-corrected chi connectivity index (χ3v) is 6.55. The van der Waals surface area contributed by atoms with Gasteiger partial charge in [-0.05, 0) is 67.4 Å². The Morgan fingerprint density at radius 2 is 2.06 bits per heavy atom. The Morgan fingerprint density at radius 1 is 1.19 bits per heavy atom. The Bertz CT molecular complexity index is 1530. The summed E-state index contributed by atoms with van der Waals surface area (Å²) in [5.74, 6) is 0.538. The van der Waals surface area contributed by atoms with Crippen LogP contribution in [0.25, 0.3) is 22.2 Å². The lowest BCUT2D eigenvalue weighted by Gasteiger charge is -2.30. The minimum absolute atomic E-state index is 0.224. The first kappa shape index (κ1) is 23.5. The van der Waals surface area contributed by atoms with Crippen LogP contribution in [0.3, 0.4) is 0 Å². The first-order valence-electron chi connectivity index (χ1n) is 11.7. The molecule has 1 aliphatic rings. The molecule has 4 aromatic rings. The normalized spacial score (nSPS) is 16.7. The van der Waals surface area contributed by atoms with Gasteiger partial charge >= 0.3 is 0 Å². The number of nitrogens with zero attached hydrogens (tertiary/aromatic N) is 3. The fraction of sp³-hybridized carbons (Fsp3) is 0.241. The second-order valence-electron chi connectivity index (χ2n) is 9.26. The summed E-state index contributed by atoms with van der Waals surface area (Å²) in [6.45, 7) is 4.88. The lowest BCUT2D eigenvalue weighted by Crippen LogP contribution is -2.33. The van der Waals surface area contributed by atoms with Crippen LogP contribution in [0, 0.1) is 18.3 Å². The van der Waals surface area contributed by atoms with Gasteiger partial charge < -0.3 is 14.8 Å². The highest BCUT2D eigenvalue weighted by atomic mass is 16.5. The van der Waals surface area contributed by atoms with E-state index in [0.29, 0.717) is 24.5 Å². The van der Waals surface area contributed by atoms with Gasteiger partial charge in [0.1, 0.15) is 11.2 Å². The Labute approximate surface area is 209 Å². The molecule has 1 aliphatic heterocycles. The molecular weight excluding hydrogens is 452 g/mol. The van der Waals surface area contributed by atoms with Gasteiger partial charge in [0.05, 0.1) is 49.8 Å². The largest absolute Gasteiger partial charge is 0.496 e. The number of fused-ring (bicyclic) bond motifs is 2. The Kier molecular flexibility index (Phi) is 6.13. The Balaban J connectivity index is 1.37. The van der Waals surface area contributed by atoms with E-state index in [2.05, 4.69) is 22.4 Å². The summed E-state index contributed by atoms with van der Waals surface area (Å²) >= 11 is 0. The van der Waals surface area contributed by atoms with E-state index in [1.54, 1.807) is 25.4 Å². The first-order valence-corrected chi connectivity index (χ1v) is 11.7. The number of methoxy groups -OCH3 is 1. The molecule has 2 aromatic heterocycles. The van der Waals surface area contributed by atoms with Gasteiger partial charge in [0.25, 0.3) is 5.91 Å². The standard InChI is InChI=1S/C29H26N4O3/c1-18-4-9-27(35-3)23(10-18)25-8-7-20-13-31-22(12-26(20)33-25)14-32-28(34)19-5-6-21-15-36-17-29(2,16-30)24(21)11-19/h4-13H,14-15,17H2,1-3H3,(H,32,34)/t29-/m1/s1. The molecule has 0 saturated carbocycles. The van der Waals surface area contributed by atoms with Crippen LogP contribution in [-0.4, -0.2) is 29.6 Å². The van der Waals surface area contributed by atoms with Gasteiger partial charge in [-0.2, -0.15) is 5.26 Å². The highest BCUT2D eigenvalue weighted by Gasteiger charge is 2.33. The number of ether oxygens (including phenoxy) is 2. The SMILES string of the molecule is COc1ccc(C)cc1-c1ccc2cnc(CNC(=O)c3ccc4c(c3)[C@](C)(C#N)COC4)cc2n1. The molecule has 0 radical (unpaired) electrons. The van der Waals surface area contributed by atoms with Crippen molar-refractivity contribution in [2.24, 2.45) is 0 Å². The minimum atomic E-state index is -0.771. The molecule has 1 N–H and O–H groups in total. The van der Waals surface area contributed by atoms with Crippen LogP contribution in [0.1, 0.15) is 39.7 Å². The zero-order valence-corrected chi connectivity index (χ0v) is 20.5. The second-order valence-corrected chi connectivity index (χ2v) is 9.26. The molecular formula is C29H26N4O3. The van der Waals surface area contributed by atoms with Crippen molar-refractivity contribution in [2.75, 3.05) is 13.7 Å². The topological polar surface area (TPSA) is 97.1 Å². The smallest absolute Gasteiger partial charge is 0.251 e. The summed E-state index contributed by atoms with van der Waals surface area (Å²) in [6, 6.07) is 19.6. The summed E-state index contributed by atoms with van der Waals surface area (Å²) in [7, 11) is 1.65. The van der Waals surface area contributed by atoms with Crippen molar-refractivity contribution in [1.29, 1.82) is 5.26 Å². The molecule has 0 saturated heterocycles. The average molecular weight is 479 g/mol. The van der Waals surface area contributed by atoms with Crippen molar-refractivity contribution in [3.05, 3.63) is 88.7 Å². The number of hydrogen-bond donors (Lipinski definition) is 1. The van der Waals surface area contributed by atoms with Crippen LogP contribution in [0.4, 0.5) is 0 Å².